The Morgan fingerprint density at radius 2 is 1.69 bits per heavy atom. The van der Waals surface area contributed by atoms with Crippen molar-refractivity contribution in [1.82, 2.24) is 15.0 Å². The lowest BCUT2D eigenvalue weighted by molar-refractivity contribution is -0.133. The highest BCUT2D eigenvalue weighted by molar-refractivity contribution is 5.76. The minimum atomic E-state index is 0.0864. The molecule has 1 aromatic heterocycles. The van der Waals surface area contributed by atoms with Gasteiger partial charge in [-0.2, -0.15) is 4.98 Å². The summed E-state index contributed by atoms with van der Waals surface area (Å²) in [7, 11) is 0. The normalized spacial score (nSPS) is 10.9. The summed E-state index contributed by atoms with van der Waals surface area (Å²) >= 11 is 0. The Hall–Kier alpha value is -2.95. The topological polar surface area (TPSA) is 59.2 Å². The number of aryl methyl sites for hydroxylation is 1. The van der Waals surface area contributed by atoms with Gasteiger partial charge in [-0.15, -0.1) is 0 Å². The van der Waals surface area contributed by atoms with Crippen molar-refractivity contribution < 1.29 is 9.32 Å². The van der Waals surface area contributed by atoms with Gasteiger partial charge in [0.05, 0.1) is 0 Å². The van der Waals surface area contributed by atoms with E-state index in [1.54, 1.807) is 0 Å². The Morgan fingerprint density at radius 3 is 2.35 bits per heavy atom. The maximum absolute atomic E-state index is 12.7. The van der Waals surface area contributed by atoms with Crippen molar-refractivity contribution in [3.05, 3.63) is 72.1 Å². The van der Waals surface area contributed by atoms with E-state index in [9.17, 15) is 4.79 Å². The van der Waals surface area contributed by atoms with Gasteiger partial charge in [0.2, 0.25) is 17.6 Å². The first kappa shape index (κ1) is 17.9. The third-order valence-electron chi connectivity index (χ3n) is 4.19. The van der Waals surface area contributed by atoms with E-state index in [-0.39, 0.29) is 11.9 Å². The van der Waals surface area contributed by atoms with Crippen molar-refractivity contribution in [2.45, 2.75) is 39.3 Å². The molecule has 0 saturated heterocycles. The summed E-state index contributed by atoms with van der Waals surface area (Å²) in [6, 6.07) is 19.8. The highest BCUT2D eigenvalue weighted by Gasteiger charge is 2.18. The van der Waals surface area contributed by atoms with E-state index < -0.39 is 0 Å². The van der Waals surface area contributed by atoms with Crippen molar-refractivity contribution in [3.63, 3.8) is 0 Å². The Kier molecular flexibility index (Phi) is 5.79. The molecule has 3 aromatic rings. The van der Waals surface area contributed by atoms with Crippen LogP contribution in [0.3, 0.4) is 0 Å². The molecule has 0 saturated carbocycles. The fourth-order valence-electron chi connectivity index (χ4n) is 2.76. The Morgan fingerprint density at radius 1 is 1.04 bits per heavy atom. The van der Waals surface area contributed by atoms with E-state index in [0.29, 0.717) is 31.1 Å². The number of rotatable bonds is 7. The molecule has 0 aliphatic heterocycles. The fraction of sp³-hybridized carbons (Fsp3) is 0.286. The van der Waals surface area contributed by atoms with E-state index in [1.807, 2.05) is 79.4 Å². The first-order valence-electron chi connectivity index (χ1n) is 8.85. The van der Waals surface area contributed by atoms with E-state index in [0.717, 1.165) is 11.1 Å². The first-order chi connectivity index (χ1) is 12.6. The number of hydrogen-bond donors (Lipinski definition) is 0. The van der Waals surface area contributed by atoms with Gasteiger partial charge in [0, 0.05) is 31.0 Å². The summed E-state index contributed by atoms with van der Waals surface area (Å²) in [5, 5.41) is 4.00. The van der Waals surface area contributed by atoms with Crippen molar-refractivity contribution in [2.75, 3.05) is 0 Å². The van der Waals surface area contributed by atoms with Crippen LogP contribution in [-0.2, 0) is 17.8 Å². The molecule has 0 aliphatic rings. The van der Waals surface area contributed by atoms with Crippen molar-refractivity contribution in [1.29, 1.82) is 0 Å². The maximum Gasteiger partial charge on any atom is 0.227 e. The van der Waals surface area contributed by atoms with Crippen LogP contribution in [0.15, 0.2) is 65.2 Å². The monoisotopic (exact) mass is 349 g/mol. The molecular formula is C21H23N3O2. The van der Waals surface area contributed by atoms with Crippen molar-refractivity contribution >= 4 is 5.91 Å². The molecule has 3 rings (SSSR count). The first-order valence-corrected chi connectivity index (χ1v) is 8.85. The van der Waals surface area contributed by atoms with Crippen LogP contribution in [0.4, 0.5) is 0 Å². The molecule has 134 valence electrons. The SMILES string of the molecule is CC(C)N(Cc1ccccc1)C(=O)CCc1nc(-c2ccccc2)no1. The minimum absolute atomic E-state index is 0.0864. The Labute approximate surface area is 153 Å². The van der Waals surface area contributed by atoms with Crippen LogP contribution < -0.4 is 0 Å². The molecular weight excluding hydrogens is 326 g/mol. The fourth-order valence-corrected chi connectivity index (χ4v) is 2.76. The van der Waals surface area contributed by atoms with Gasteiger partial charge in [-0.1, -0.05) is 65.8 Å². The zero-order valence-electron chi connectivity index (χ0n) is 15.1. The van der Waals surface area contributed by atoms with Crippen LogP contribution in [0.2, 0.25) is 0 Å². The summed E-state index contributed by atoms with van der Waals surface area (Å²) in [6.07, 6.45) is 0.790. The third-order valence-corrected chi connectivity index (χ3v) is 4.19. The lowest BCUT2D eigenvalue weighted by Gasteiger charge is -2.26. The number of carbonyl (C=O) groups excluding carboxylic acids is 1. The van der Waals surface area contributed by atoms with Gasteiger partial charge in [-0.25, -0.2) is 0 Å². The van der Waals surface area contributed by atoms with E-state index in [2.05, 4.69) is 10.1 Å². The van der Waals surface area contributed by atoms with Crippen LogP contribution in [-0.4, -0.2) is 27.0 Å². The van der Waals surface area contributed by atoms with Crippen LogP contribution in [0.5, 0.6) is 0 Å². The number of amides is 1. The van der Waals surface area contributed by atoms with Crippen LogP contribution >= 0.6 is 0 Å². The molecule has 0 unspecified atom stereocenters. The van der Waals surface area contributed by atoms with Gasteiger partial charge >= 0.3 is 0 Å². The second-order valence-corrected chi connectivity index (χ2v) is 6.48. The molecule has 0 N–H and O–H groups in total. The second-order valence-electron chi connectivity index (χ2n) is 6.48. The zero-order valence-corrected chi connectivity index (χ0v) is 15.1. The van der Waals surface area contributed by atoms with Crippen LogP contribution in [0.25, 0.3) is 11.4 Å². The molecule has 0 fully saturated rings. The van der Waals surface area contributed by atoms with Gasteiger partial charge in [-0.3, -0.25) is 4.79 Å². The number of nitrogens with zero attached hydrogens (tertiary/aromatic N) is 3. The summed E-state index contributed by atoms with van der Waals surface area (Å²) in [4.78, 5) is 18.9. The molecule has 5 heteroatoms. The second kappa shape index (κ2) is 8.43. The highest BCUT2D eigenvalue weighted by Crippen LogP contribution is 2.16. The van der Waals surface area contributed by atoms with E-state index in [1.165, 1.54) is 0 Å². The molecule has 5 nitrogen and oxygen atoms in total. The molecule has 0 spiro atoms. The highest BCUT2D eigenvalue weighted by atomic mass is 16.5. The molecule has 0 aliphatic carbocycles. The molecule has 1 amide bonds. The third kappa shape index (κ3) is 4.57. The van der Waals surface area contributed by atoms with E-state index in [4.69, 9.17) is 4.52 Å². The molecule has 0 bridgehead atoms. The number of carbonyl (C=O) groups is 1. The van der Waals surface area contributed by atoms with E-state index >= 15 is 0 Å². The molecule has 1 heterocycles. The predicted octanol–water partition coefficient (Wildman–Crippen LogP) is 4.11. The summed E-state index contributed by atoms with van der Waals surface area (Å²) in [5.74, 6) is 1.13. The Bertz CT molecular complexity index is 829. The average Bonchev–Trinajstić information content (AvgIpc) is 3.14. The van der Waals surface area contributed by atoms with Crippen LogP contribution in [0.1, 0.15) is 31.7 Å². The molecule has 0 atom stereocenters. The van der Waals surface area contributed by atoms with Gasteiger partial charge in [0.1, 0.15) is 0 Å². The largest absolute Gasteiger partial charge is 0.339 e. The van der Waals surface area contributed by atoms with Crippen LogP contribution in [0, 0.1) is 0 Å². The lowest BCUT2D eigenvalue weighted by Crippen LogP contribution is -2.36. The molecule has 26 heavy (non-hydrogen) atoms. The van der Waals surface area contributed by atoms with Gasteiger partial charge in [0.15, 0.2) is 0 Å². The Balaban J connectivity index is 1.61. The quantitative estimate of drug-likeness (QED) is 0.644. The zero-order chi connectivity index (χ0) is 18.4. The summed E-state index contributed by atoms with van der Waals surface area (Å²) in [5.41, 5.74) is 2.03. The summed E-state index contributed by atoms with van der Waals surface area (Å²) < 4.78 is 5.30. The molecule has 2 aromatic carbocycles. The lowest BCUT2D eigenvalue weighted by atomic mass is 10.1. The van der Waals surface area contributed by atoms with Crippen molar-refractivity contribution in [3.8, 4) is 11.4 Å². The van der Waals surface area contributed by atoms with Gasteiger partial charge in [0.25, 0.3) is 0 Å². The standard InChI is InChI=1S/C21H23N3O2/c1-16(2)24(15-17-9-5-3-6-10-17)20(25)14-13-19-22-21(23-26-19)18-11-7-4-8-12-18/h3-12,16H,13-15H2,1-2H3. The minimum Gasteiger partial charge on any atom is -0.339 e. The predicted molar refractivity (Wildman–Crippen MR) is 100 cm³/mol. The van der Waals surface area contributed by atoms with Gasteiger partial charge < -0.3 is 9.42 Å². The average molecular weight is 349 g/mol. The number of aromatic nitrogens is 2. The number of hydrogen-bond acceptors (Lipinski definition) is 4. The number of benzene rings is 2. The molecule has 0 radical (unpaired) electrons. The summed E-state index contributed by atoms with van der Waals surface area (Å²) in [6.45, 7) is 4.67. The van der Waals surface area contributed by atoms with Gasteiger partial charge in [-0.05, 0) is 19.4 Å². The smallest absolute Gasteiger partial charge is 0.227 e. The maximum atomic E-state index is 12.7. The van der Waals surface area contributed by atoms with Crippen molar-refractivity contribution in [2.24, 2.45) is 0 Å².